The van der Waals surface area contributed by atoms with Gasteiger partial charge in [-0.15, -0.1) is 0 Å². The summed E-state index contributed by atoms with van der Waals surface area (Å²) in [6, 6.07) is 38.6. The number of anilines is 3. The molecule has 0 N–H and O–H groups in total. The van der Waals surface area contributed by atoms with Crippen molar-refractivity contribution in [2.75, 3.05) is 4.90 Å². The highest BCUT2D eigenvalue weighted by atomic mass is 15.1. The summed E-state index contributed by atoms with van der Waals surface area (Å²) in [5.41, 5.74) is 9.20. The van der Waals surface area contributed by atoms with Crippen LogP contribution in [0.5, 0.6) is 0 Å². The van der Waals surface area contributed by atoms with Crippen molar-refractivity contribution in [3.05, 3.63) is 114 Å². The van der Waals surface area contributed by atoms with Crippen molar-refractivity contribution in [1.82, 2.24) is 0 Å². The third kappa shape index (κ3) is 5.52. The van der Waals surface area contributed by atoms with Gasteiger partial charge < -0.3 is 4.90 Å². The summed E-state index contributed by atoms with van der Waals surface area (Å²) in [7, 11) is 0. The minimum Gasteiger partial charge on any atom is -0.311 e. The summed E-state index contributed by atoms with van der Waals surface area (Å²) in [6.45, 7) is 0. The molecule has 0 amide bonds. The Morgan fingerprint density at radius 2 is 0.757 bits per heavy atom. The van der Waals surface area contributed by atoms with E-state index in [1.807, 2.05) is 0 Å². The molecular formula is C36H39N. The van der Waals surface area contributed by atoms with E-state index in [9.17, 15) is 0 Å². The molecule has 0 saturated heterocycles. The van der Waals surface area contributed by atoms with Crippen molar-refractivity contribution < 1.29 is 0 Å². The minimum absolute atomic E-state index is 0.733. The maximum absolute atomic E-state index is 2.42. The molecule has 6 rings (SSSR count). The Balaban J connectivity index is 1.32. The average Bonchev–Trinajstić information content (AvgIpc) is 3.00. The predicted molar refractivity (Wildman–Crippen MR) is 158 cm³/mol. The normalized spacial score (nSPS) is 17.0. The SMILES string of the molecule is c1ccc(-c2ccc(N(c3ccc(C4CCCCC4)cc3)c3ccc(C4CCCCC4)cc3)cc2)cc1. The van der Waals surface area contributed by atoms with Gasteiger partial charge in [-0.2, -0.15) is 0 Å². The van der Waals surface area contributed by atoms with Gasteiger partial charge in [-0.3, -0.25) is 0 Å². The summed E-state index contributed by atoms with van der Waals surface area (Å²) >= 11 is 0. The molecule has 1 nitrogen and oxygen atoms in total. The molecule has 0 aliphatic heterocycles. The molecule has 0 unspecified atom stereocenters. The first-order chi connectivity index (χ1) is 18.3. The maximum Gasteiger partial charge on any atom is 0.0462 e. The second kappa shape index (κ2) is 11.4. The Hall–Kier alpha value is -3.32. The maximum atomic E-state index is 2.42. The first-order valence-electron chi connectivity index (χ1n) is 14.5. The zero-order valence-corrected chi connectivity index (χ0v) is 22.0. The lowest BCUT2D eigenvalue weighted by Gasteiger charge is -2.28. The third-order valence-corrected chi connectivity index (χ3v) is 8.69. The molecule has 2 aliphatic carbocycles. The summed E-state index contributed by atoms with van der Waals surface area (Å²) in [5, 5.41) is 0. The fourth-order valence-corrected chi connectivity index (χ4v) is 6.54. The minimum atomic E-state index is 0.733. The van der Waals surface area contributed by atoms with E-state index in [1.54, 1.807) is 0 Å². The summed E-state index contributed by atoms with van der Waals surface area (Å²) in [4.78, 5) is 2.42. The molecule has 37 heavy (non-hydrogen) atoms. The molecule has 0 heterocycles. The van der Waals surface area contributed by atoms with Gasteiger partial charge >= 0.3 is 0 Å². The molecule has 1 heteroatoms. The summed E-state index contributed by atoms with van der Waals surface area (Å²) in [5.74, 6) is 1.47. The van der Waals surface area contributed by atoms with E-state index < -0.39 is 0 Å². The van der Waals surface area contributed by atoms with Gasteiger partial charge in [-0.1, -0.05) is 105 Å². The predicted octanol–water partition coefficient (Wildman–Crippen LogP) is 10.9. The van der Waals surface area contributed by atoms with E-state index in [4.69, 9.17) is 0 Å². The van der Waals surface area contributed by atoms with Crippen LogP contribution in [-0.4, -0.2) is 0 Å². The zero-order chi connectivity index (χ0) is 24.9. The number of nitrogens with zero attached hydrogens (tertiary/aromatic N) is 1. The van der Waals surface area contributed by atoms with Crippen LogP contribution in [0.3, 0.4) is 0 Å². The summed E-state index contributed by atoms with van der Waals surface area (Å²) < 4.78 is 0. The largest absolute Gasteiger partial charge is 0.311 e. The van der Waals surface area contributed by atoms with Crippen LogP contribution >= 0.6 is 0 Å². The average molecular weight is 486 g/mol. The molecule has 2 fully saturated rings. The van der Waals surface area contributed by atoms with Crippen molar-refractivity contribution in [2.45, 2.75) is 76.0 Å². The molecule has 0 spiro atoms. The first kappa shape index (κ1) is 24.0. The molecule has 2 aliphatic rings. The highest BCUT2D eigenvalue weighted by Gasteiger charge is 2.19. The van der Waals surface area contributed by atoms with Crippen molar-refractivity contribution in [2.24, 2.45) is 0 Å². The van der Waals surface area contributed by atoms with E-state index in [0.29, 0.717) is 0 Å². The van der Waals surface area contributed by atoms with Crippen molar-refractivity contribution in [3.63, 3.8) is 0 Å². The number of hydrogen-bond acceptors (Lipinski definition) is 1. The summed E-state index contributed by atoms with van der Waals surface area (Å²) in [6.07, 6.45) is 13.7. The van der Waals surface area contributed by atoms with E-state index >= 15 is 0 Å². The van der Waals surface area contributed by atoms with Gasteiger partial charge in [-0.05, 0) is 96.2 Å². The van der Waals surface area contributed by atoms with Crippen LogP contribution in [0.25, 0.3) is 11.1 Å². The highest BCUT2D eigenvalue weighted by molar-refractivity contribution is 5.78. The molecule has 0 aromatic heterocycles. The van der Waals surface area contributed by atoms with Gasteiger partial charge in [-0.25, -0.2) is 0 Å². The van der Waals surface area contributed by atoms with E-state index in [-0.39, 0.29) is 0 Å². The Kier molecular flexibility index (Phi) is 7.40. The molecule has 4 aromatic carbocycles. The van der Waals surface area contributed by atoms with Gasteiger partial charge in [0.15, 0.2) is 0 Å². The van der Waals surface area contributed by atoms with E-state index in [1.165, 1.54) is 104 Å². The number of benzene rings is 4. The van der Waals surface area contributed by atoms with Crippen molar-refractivity contribution in [3.8, 4) is 11.1 Å². The quantitative estimate of drug-likeness (QED) is 0.262. The highest BCUT2D eigenvalue weighted by Crippen LogP contribution is 2.39. The van der Waals surface area contributed by atoms with E-state index in [0.717, 1.165) is 11.8 Å². The van der Waals surface area contributed by atoms with Crippen molar-refractivity contribution >= 4 is 17.1 Å². The molecule has 0 radical (unpaired) electrons. The second-order valence-electron chi connectivity index (χ2n) is 11.1. The van der Waals surface area contributed by atoms with Crippen molar-refractivity contribution in [1.29, 1.82) is 0 Å². The fraction of sp³-hybridized carbons (Fsp3) is 0.333. The van der Waals surface area contributed by atoms with Gasteiger partial charge in [0.1, 0.15) is 0 Å². The molecule has 188 valence electrons. The first-order valence-corrected chi connectivity index (χ1v) is 14.5. The van der Waals surface area contributed by atoms with Crippen LogP contribution in [0.4, 0.5) is 17.1 Å². The standard InChI is InChI=1S/C36H39N/c1-4-10-28(11-5-1)31-16-22-34(23-17-31)37(35-24-18-32(19-25-35)29-12-6-2-7-13-29)36-26-20-33(21-27-36)30-14-8-3-9-15-30/h1,4-5,10-11,16-27,29-30H,2-3,6-9,12-15H2. The lowest BCUT2D eigenvalue weighted by molar-refractivity contribution is 0.443. The molecule has 4 aromatic rings. The molecule has 2 saturated carbocycles. The smallest absolute Gasteiger partial charge is 0.0462 e. The van der Waals surface area contributed by atoms with Gasteiger partial charge in [0.05, 0.1) is 0 Å². The van der Waals surface area contributed by atoms with Crippen LogP contribution < -0.4 is 4.90 Å². The zero-order valence-electron chi connectivity index (χ0n) is 22.0. The Bertz CT molecular complexity index is 1180. The topological polar surface area (TPSA) is 3.24 Å². The van der Waals surface area contributed by atoms with Gasteiger partial charge in [0.25, 0.3) is 0 Å². The van der Waals surface area contributed by atoms with Gasteiger partial charge in [0, 0.05) is 17.1 Å². The second-order valence-corrected chi connectivity index (χ2v) is 11.1. The van der Waals surface area contributed by atoms with Crippen LogP contribution in [0.1, 0.15) is 87.2 Å². The Labute approximate surface area is 223 Å². The lowest BCUT2D eigenvalue weighted by atomic mass is 9.84. The van der Waals surface area contributed by atoms with Crippen LogP contribution in [0.2, 0.25) is 0 Å². The lowest BCUT2D eigenvalue weighted by Crippen LogP contribution is -2.11. The number of hydrogen-bond donors (Lipinski definition) is 0. The Morgan fingerprint density at radius 1 is 0.378 bits per heavy atom. The fourth-order valence-electron chi connectivity index (χ4n) is 6.54. The molecule has 0 atom stereocenters. The van der Waals surface area contributed by atoms with Crippen LogP contribution in [0, 0.1) is 0 Å². The van der Waals surface area contributed by atoms with Crippen LogP contribution in [0.15, 0.2) is 103 Å². The van der Waals surface area contributed by atoms with Gasteiger partial charge in [0.2, 0.25) is 0 Å². The molecule has 0 bridgehead atoms. The molecular weight excluding hydrogens is 446 g/mol. The van der Waals surface area contributed by atoms with E-state index in [2.05, 4.69) is 108 Å². The third-order valence-electron chi connectivity index (χ3n) is 8.69. The monoisotopic (exact) mass is 485 g/mol. The Morgan fingerprint density at radius 3 is 1.19 bits per heavy atom. The van der Waals surface area contributed by atoms with Crippen LogP contribution in [-0.2, 0) is 0 Å². The number of rotatable bonds is 6.